The highest BCUT2D eigenvalue weighted by Gasteiger charge is 2.24. The minimum absolute atomic E-state index is 0. The monoisotopic (exact) mass is 521 g/mol. The van der Waals surface area contributed by atoms with Crippen LogP contribution in [0.5, 0.6) is 0 Å². The third kappa shape index (κ3) is 4.47. The fraction of sp³-hybridized carbons (Fsp3) is 0.478. The molecule has 182 valence electrons. The van der Waals surface area contributed by atoms with E-state index in [1.807, 2.05) is 22.8 Å². The van der Waals surface area contributed by atoms with Crippen LogP contribution in [-0.2, 0) is 19.5 Å². The van der Waals surface area contributed by atoms with Crippen molar-refractivity contribution < 1.29 is 0 Å². The smallest absolute Gasteiger partial charge is 0.262 e. The van der Waals surface area contributed by atoms with Crippen molar-refractivity contribution in [3.05, 3.63) is 51.4 Å². The molecule has 2 aliphatic heterocycles. The molecule has 5 heterocycles. The zero-order valence-corrected chi connectivity index (χ0v) is 21.5. The molecule has 0 radical (unpaired) electrons. The number of piperidine rings is 1. The lowest BCUT2D eigenvalue weighted by Crippen LogP contribution is -2.38. The molecule has 6 rings (SSSR count). The summed E-state index contributed by atoms with van der Waals surface area (Å²) < 4.78 is 3.90. The van der Waals surface area contributed by atoms with Crippen LogP contribution in [0.3, 0.4) is 0 Å². The van der Waals surface area contributed by atoms with Crippen molar-refractivity contribution in [3.8, 4) is 0 Å². The molecule has 0 spiro atoms. The van der Waals surface area contributed by atoms with E-state index in [9.17, 15) is 4.79 Å². The lowest BCUT2D eigenvalue weighted by atomic mass is 10.0. The van der Waals surface area contributed by atoms with Crippen LogP contribution in [0.1, 0.15) is 29.3 Å². The van der Waals surface area contributed by atoms with E-state index in [0.717, 1.165) is 73.2 Å². The Labute approximate surface area is 214 Å². The Hall–Kier alpha value is -2.04. The van der Waals surface area contributed by atoms with Gasteiger partial charge in [0.05, 0.1) is 23.3 Å². The number of benzene rings is 1. The van der Waals surface area contributed by atoms with Crippen LogP contribution in [0.25, 0.3) is 21.3 Å². The standard InChI is InChI=1S/C23H27N7OS.2ClH/c1-27-9-8-17-20(14-27)32-22-21(17)23(31)29(15-24-22)13-12-28-10-6-16(7-11-28)30-19-5-3-2-4-18(19)25-26-30;;/h2-5,15-16H,6-14H2,1H3;2*1H. The molecule has 0 amide bonds. The molecular weight excluding hydrogens is 493 g/mol. The molecule has 1 fully saturated rings. The van der Waals surface area contributed by atoms with Crippen molar-refractivity contribution in [2.24, 2.45) is 0 Å². The van der Waals surface area contributed by atoms with Crippen molar-refractivity contribution in [3.63, 3.8) is 0 Å². The van der Waals surface area contributed by atoms with E-state index in [-0.39, 0.29) is 30.4 Å². The molecule has 0 N–H and O–H groups in total. The fourth-order valence-corrected chi connectivity index (χ4v) is 6.36. The molecule has 0 unspecified atom stereocenters. The first kappa shape index (κ1) is 25.1. The summed E-state index contributed by atoms with van der Waals surface area (Å²) in [4.78, 5) is 24.8. The Kier molecular flexibility index (Phi) is 7.59. The highest BCUT2D eigenvalue weighted by molar-refractivity contribution is 7.18. The maximum Gasteiger partial charge on any atom is 0.262 e. The molecule has 4 aromatic rings. The number of thiophene rings is 1. The van der Waals surface area contributed by atoms with Gasteiger partial charge in [-0.2, -0.15) is 0 Å². The third-order valence-electron chi connectivity index (χ3n) is 6.96. The number of rotatable bonds is 4. The summed E-state index contributed by atoms with van der Waals surface area (Å²) >= 11 is 1.68. The number of nitrogens with zero attached hydrogens (tertiary/aromatic N) is 7. The molecule has 2 aliphatic rings. The maximum atomic E-state index is 13.2. The van der Waals surface area contributed by atoms with Crippen molar-refractivity contribution in [1.82, 2.24) is 34.3 Å². The predicted molar refractivity (Wildman–Crippen MR) is 141 cm³/mol. The number of hydrogen-bond donors (Lipinski definition) is 0. The molecule has 0 atom stereocenters. The van der Waals surface area contributed by atoms with Crippen LogP contribution < -0.4 is 5.56 Å². The Morgan fingerprint density at radius 3 is 2.71 bits per heavy atom. The van der Waals surface area contributed by atoms with Crippen LogP contribution in [0.4, 0.5) is 0 Å². The Morgan fingerprint density at radius 1 is 1.09 bits per heavy atom. The lowest BCUT2D eigenvalue weighted by molar-refractivity contribution is 0.175. The highest BCUT2D eigenvalue weighted by atomic mass is 35.5. The van der Waals surface area contributed by atoms with Crippen LogP contribution in [0.2, 0.25) is 0 Å². The molecule has 11 heteroatoms. The maximum absolute atomic E-state index is 13.2. The average Bonchev–Trinajstić information content (AvgIpc) is 3.40. The van der Waals surface area contributed by atoms with E-state index in [4.69, 9.17) is 0 Å². The second-order valence-corrected chi connectivity index (χ2v) is 10.1. The second-order valence-electron chi connectivity index (χ2n) is 9.01. The van der Waals surface area contributed by atoms with Crippen molar-refractivity contribution in [2.45, 2.75) is 38.4 Å². The first-order valence-corrected chi connectivity index (χ1v) is 12.2. The summed E-state index contributed by atoms with van der Waals surface area (Å²) in [5, 5.41) is 9.57. The highest BCUT2D eigenvalue weighted by Crippen LogP contribution is 2.31. The Bertz CT molecular complexity index is 1340. The number of fused-ring (bicyclic) bond motifs is 4. The normalized spacial score (nSPS) is 17.4. The number of likely N-dealkylation sites (N-methyl/N-ethyl adjacent to an activating group) is 1. The van der Waals surface area contributed by atoms with Crippen LogP contribution >= 0.6 is 36.2 Å². The number of hydrogen-bond acceptors (Lipinski definition) is 7. The second kappa shape index (κ2) is 10.3. The molecule has 34 heavy (non-hydrogen) atoms. The van der Waals surface area contributed by atoms with Crippen molar-refractivity contribution in [1.29, 1.82) is 0 Å². The van der Waals surface area contributed by atoms with E-state index < -0.39 is 0 Å². The molecule has 0 aliphatic carbocycles. The largest absolute Gasteiger partial charge is 0.301 e. The molecule has 1 aromatic carbocycles. The molecular formula is C23H29Cl2N7OS. The van der Waals surface area contributed by atoms with Gasteiger partial charge in [-0.15, -0.1) is 41.2 Å². The number of halogens is 2. The van der Waals surface area contributed by atoms with Crippen molar-refractivity contribution >= 4 is 57.4 Å². The van der Waals surface area contributed by atoms with Gasteiger partial charge in [-0.1, -0.05) is 17.3 Å². The minimum Gasteiger partial charge on any atom is -0.301 e. The van der Waals surface area contributed by atoms with Gasteiger partial charge in [0, 0.05) is 44.1 Å². The minimum atomic E-state index is 0. The summed E-state index contributed by atoms with van der Waals surface area (Å²) in [6.45, 7) is 5.48. The lowest BCUT2D eigenvalue weighted by Gasteiger charge is -2.32. The zero-order chi connectivity index (χ0) is 21.7. The van der Waals surface area contributed by atoms with Gasteiger partial charge < -0.3 is 9.80 Å². The van der Waals surface area contributed by atoms with Gasteiger partial charge in [0.15, 0.2) is 0 Å². The zero-order valence-electron chi connectivity index (χ0n) is 19.1. The first-order chi connectivity index (χ1) is 15.7. The Morgan fingerprint density at radius 2 is 1.88 bits per heavy atom. The summed E-state index contributed by atoms with van der Waals surface area (Å²) in [5.74, 6) is 0. The van der Waals surface area contributed by atoms with E-state index in [0.29, 0.717) is 12.6 Å². The summed E-state index contributed by atoms with van der Waals surface area (Å²) in [6.07, 6.45) is 4.78. The number of likely N-dealkylation sites (tertiary alicyclic amines) is 1. The number of aromatic nitrogens is 5. The fourth-order valence-electron chi connectivity index (χ4n) is 5.10. The predicted octanol–water partition coefficient (Wildman–Crippen LogP) is 3.37. The van der Waals surface area contributed by atoms with Crippen LogP contribution in [-0.4, -0.2) is 67.6 Å². The molecule has 3 aromatic heterocycles. The molecule has 8 nitrogen and oxygen atoms in total. The van der Waals surface area contributed by atoms with Crippen LogP contribution in [0.15, 0.2) is 35.4 Å². The van der Waals surface area contributed by atoms with E-state index in [1.54, 1.807) is 17.7 Å². The summed E-state index contributed by atoms with van der Waals surface area (Å²) in [6, 6.07) is 8.54. The quantitative estimate of drug-likeness (QED) is 0.410. The topological polar surface area (TPSA) is 72.1 Å². The van der Waals surface area contributed by atoms with Crippen LogP contribution in [0, 0.1) is 0 Å². The molecule has 0 bridgehead atoms. The van der Waals surface area contributed by atoms with Gasteiger partial charge in [0.2, 0.25) is 0 Å². The number of para-hydroxylation sites is 1. The van der Waals surface area contributed by atoms with Gasteiger partial charge >= 0.3 is 0 Å². The molecule has 0 saturated carbocycles. The molecule has 1 saturated heterocycles. The van der Waals surface area contributed by atoms with E-state index in [2.05, 4.69) is 42.9 Å². The van der Waals surface area contributed by atoms with Crippen molar-refractivity contribution in [2.75, 3.05) is 33.2 Å². The van der Waals surface area contributed by atoms with E-state index in [1.165, 1.54) is 10.4 Å². The SMILES string of the molecule is CN1CCc2c(sc3ncn(CCN4CCC(n5nnc6ccccc65)CC4)c(=O)c23)C1.Cl.Cl. The average molecular weight is 523 g/mol. The Balaban J connectivity index is 0.00000137. The van der Waals surface area contributed by atoms with E-state index >= 15 is 0 Å². The van der Waals surface area contributed by atoms with Gasteiger partial charge in [0.1, 0.15) is 10.3 Å². The summed E-state index contributed by atoms with van der Waals surface area (Å²) in [5.41, 5.74) is 3.43. The third-order valence-corrected chi connectivity index (χ3v) is 8.08. The van der Waals surface area contributed by atoms with Gasteiger partial charge in [-0.05, 0) is 44.0 Å². The first-order valence-electron chi connectivity index (χ1n) is 11.4. The van der Waals surface area contributed by atoms with Gasteiger partial charge in [-0.3, -0.25) is 9.36 Å². The van der Waals surface area contributed by atoms with Gasteiger partial charge in [0.25, 0.3) is 5.56 Å². The van der Waals surface area contributed by atoms with Gasteiger partial charge in [-0.25, -0.2) is 9.67 Å². The summed E-state index contributed by atoms with van der Waals surface area (Å²) in [7, 11) is 2.13.